The Bertz CT molecular complexity index is 373. The average molecular weight is 208 g/mol. The quantitative estimate of drug-likeness (QED) is 0.793. The van der Waals surface area contributed by atoms with Gasteiger partial charge in [-0.25, -0.2) is 4.39 Å². The Morgan fingerprint density at radius 2 is 2.33 bits per heavy atom. The lowest BCUT2D eigenvalue weighted by atomic mass is 10.2. The third-order valence-electron chi connectivity index (χ3n) is 2.01. The van der Waals surface area contributed by atoms with Crippen molar-refractivity contribution in [3.8, 4) is 11.8 Å². The van der Waals surface area contributed by atoms with E-state index < -0.39 is 5.82 Å². The smallest absolute Gasteiger partial charge is 0.165 e. The van der Waals surface area contributed by atoms with Crippen LogP contribution in [0.3, 0.4) is 0 Å². The molecule has 0 bridgehead atoms. The number of hydrogen-bond acceptors (Lipinski definition) is 3. The number of halogens is 1. The summed E-state index contributed by atoms with van der Waals surface area (Å²) >= 11 is 0. The summed E-state index contributed by atoms with van der Waals surface area (Å²) in [6, 6.07) is 6.33. The van der Waals surface area contributed by atoms with E-state index in [1.807, 2.05) is 6.92 Å². The zero-order valence-corrected chi connectivity index (χ0v) is 8.50. The van der Waals surface area contributed by atoms with Gasteiger partial charge in [0.05, 0.1) is 12.0 Å². The number of aromatic hydroxyl groups is 1. The van der Waals surface area contributed by atoms with Crippen LogP contribution in [0.5, 0.6) is 5.75 Å². The fourth-order valence-corrected chi connectivity index (χ4v) is 1.14. The molecule has 4 heteroatoms. The first-order valence-electron chi connectivity index (χ1n) is 4.71. The Balaban J connectivity index is 2.45. The van der Waals surface area contributed by atoms with Gasteiger partial charge < -0.3 is 10.4 Å². The van der Waals surface area contributed by atoms with Crippen LogP contribution in [0.2, 0.25) is 0 Å². The van der Waals surface area contributed by atoms with Gasteiger partial charge in [-0.15, -0.1) is 0 Å². The molecule has 0 amide bonds. The van der Waals surface area contributed by atoms with E-state index in [0.29, 0.717) is 13.1 Å². The van der Waals surface area contributed by atoms with E-state index in [1.54, 1.807) is 6.07 Å². The van der Waals surface area contributed by atoms with Gasteiger partial charge in [-0.3, -0.25) is 0 Å². The maximum atomic E-state index is 12.9. The number of nitriles is 1. The van der Waals surface area contributed by atoms with Gasteiger partial charge in [0.2, 0.25) is 0 Å². The van der Waals surface area contributed by atoms with E-state index in [9.17, 15) is 4.39 Å². The molecule has 1 rings (SSSR count). The Labute approximate surface area is 88.2 Å². The molecule has 1 aromatic carbocycles. The SMILES string of the molecule is CC(C#N)CNCc1ccc(O)c(F)c1. The van der Waals surface area contributed by atoms with Crippen LogP contribution in [0.15, 0.2) is 18.2 Å². The molecule has 80 valence electrons. The van der Waals surface area contributed by atoms with Crippen LogP contribution in [-0.4, -0.2) is 11.7 Å². The summed E-state index contributed by atoms with van der Waals surface area (Å²) in [5, 5.41) is 20.5. The molecule has 0 spiro atoms. The van der Waals surface area contributed by atoms with Crippen molar-refractivity contribution in [1.82, 2.24) is 5.32 Å². The maximum Gasteiger partial charge on any atom is 0.165 e. The van der Waals surface area contributed by atoms with Crippen molar-refractivity contribution in [2.75, 3.05) is 6.54 Å². The largest absolute Gasteiger partial charge is 0.505 e. The Kier molecular flexibility index (Phi) is 4.07. The molecule has 15 heavy (non-hydrogen) atoms. The van der Waals surface area contributed by atoms with Crippen molar-refractivity contribution in [1.29, 1.82) is 5.26 Å². The van der Waals surface area contributed by atoms with Gasteiger partial charge in [0, 0.05) is 13.1 Å². The molecule has 0 saturated heterocycles. The molecule has 3 nitrogen and oxygen atoms in total. The lowest BCUT2D eigenvalue weighted by molar-refractivity contribution is 0.431. The Morgan fingerprint density at radius 3 is 2.93 bits per heavy atom. The van der Waals surface area contributed by atoms with Crippen LogP contribution in [0, 0.1) is 23.1 Å². The molecular weight excluding hydrogens is 195 g/mol. The molecule has 0 fully saturated rings. The molecule has 0 aliphatic heterocycles. The van der Waals surface area contributed by atoms with Crippen LogP contribution >= 0.6 is 0 Å². The molecule has 0 saturated carbocycles. The topological polar surface area (TPSA) is 56.0 Å². The number of phenols is 1. The van der Waals surface area contributed by atoms with Gasteiger partial charge in [-0.05, 0) is 24.6 Å². The van der Waals surface area contributed by atoms with E-state index in [1.165, 1.54) is 12.1 Å². The second kappa shape index (κ2) is 5.32. The average Bonchev–Trinajstić information content (AvgIpc) is 2.23. The standard InChI is InChI=1S/C11H13FN2O/c1-8(5-13)6-14-7-9-2-3-11(15)10(12)4-9/h2-4,8,14-15H,6-7H2,1H3. The van der Waals surface area contributed by atoms with E-state index in [0.717, 1.165) is 5.56 Å². The van der Waals surface area contributed by atoms with E-state index >= 15 is 0 Å². The second-order valence-corrected chi connectivity index (χ2v) is 3.45. The van der Waals surface area contributed by atoms with Gasteiger partial charge in [0.25, 0.3) is 0 Å². The normalized spacial score (nSPS) is 12.1. The zero-order chi connectivity index (χ0) is 11.3. The Hall–Kier alpha value is -1.60. The second-order valence-electron chi connectivity index (χ2n) is 3.45. The van der Waals surface area contributed by atoms with Crippen LogP contribution in [0.1, 0.15) is 12.5 Å². The summed E-state index contributed by atoms with van der Waals surface area (Å²) in [4.78, 5) is 0. The van der Waals surface area contributed by atoms with Crippen LogP contribution in [-0.2, 0) is 6.54 Å². The van der Waals surface area contributed by atoms with Crippen LogP contribution in [0.4, 0.5) is 4.39 Å². The molecule has 2 N–H and O–H groups in total. The lowest BCUT2D eigenvalue weighted by Gasteiger charge is -2.06. The fraction of sp³-hybridized carbons (Fsp3) is 0.364. The van der Waals surface area contributed by atoms with Crippen molar-refractivity contribution in [2.45, 2.75) is 13.5 Å². The minimum Gasteiger partial charge on any atom is -0.505 e. The molecule has 0 heterocycles. The number of benzene rings is 1. The van der Waals surface area contributed by atoms with Crippen LogP contribution in [0.25, 0.3) is 0 Å². The summed E-state index contributed by atoms with van der Waals surface area (Å²) < 4.78 is 12.9. The van der Waals surface area contributed by atoms with E-state index in [-0.39, 0.29) is 11.7 Å². The Morgan fingerprint density at radius 1 is 1.60 bits per heavy atom. The highest BCUT2D eigenvalue weighted by Gasteiger charge is 2.02. The summed E-state index contributed by atoms with van der Waals surface area (Å²) in [6.45, 7) is 2.87. The highest BCUT2D eigenvalue weighted by molar-refractivity contribution is 5.27. The minimum atomic E-state index is -0.623. The van der Waals surface area contributed by atoms with Crippen LogP contribution < -0.4 is 5.32 Å². The molecule has 1 aromatic rings. The highest BCUT2D eigenvalue weighted by atomic mass is 19.1. The predicted molar refractivity (Wildman–Crippen MR) is 54.5 cm³/mol. The number of nitrogens with zero attached hydrogens (tertiary/aromatic N) is 1. The first-order chi connectivity index (χ1) is 7.13. The molecule has 0 aromatic heterocycles. The molecule has 0 aliphatic rings. The number of nitrogens with one attached hydrogen (secondary N) is 1. The van der Waals surface area contributed by atoms with E-state index in [2.05, 4.69) is 11.4 Å². The maximum absolute atomic E-state index is 12.9. The van der Waals surface area contributed by atoms with Gasteiger partial charge in [-0.2, -0.15) is 5.26 Å². The van der Waals surface area contributed by atoms with Crippen molar-refractivity contribution in [3.63, 3.8) is 0 Å². The van der Waals surface area contributed by atoms with E-state index in [4.69, 9.17) is 10.4 Å². The lowest BCUT2D eigenvalue weighted by Crippen LogP contribution is -2.19. The number of rotatable bonds is 4. The molecule has 0 aliphatic carbocycles. The molecule has 1 unspecified atom stereocenters. The zero-order valence-electron chi connectivity index (χ0n) is 8.50. The number of hydrogen-bond donors (Lipinski definition) is 2. The highest BCUT2D eigenvalue weighted by Crippen LogP contribution is 2.15. The van der Waals surface area contributed by atoms with Gasteiger partial charge in [-0.1, -0.05) is 6.07 Å². The monoisotopic (exact) mass is 208 g/mol. The summed E-state index contributed by atoms with van der Waals surface area (Å²) in [6.07, 6.45) is 0. The molecule has 0 radical (unpaired) electrons. The fourth-order valence-electron chi connectivity index (χ4n) is 1.14. The molecular formula is C11H13FN2O. The number of phenolic OH excluding ortho intramolecular Hbond substituents is 1. The van der Waals surface area contributed by atoms with Crippen molar-refractivity contribution < 1.29 is 9.50 Å². The van der Waals surface area contributed by atoms with Crippen molar-refractivity contribution in [2.24, 2.45) is 5.92 Å². The predicted octanol–water partition coefficient (Wildman–Crippen LogP) is 1.78. The van der Waals surface area contributed by atoms with Crippen molar-refractivity contribution in [3.05, 3.63) is 29.6 Å². The first kappa shape index (κ1) is 11.5. The summed E-state index contributed by atoms with van der Waals surface area (Å²) in [7, 11) is 0. The summed E-state index contributed by atoms with van der Waals surface area (Å²) in [5.41, 5.74) is 0.746. The third kappa shape index (κ3) is 3.56. The summed E-state index contributed by atoms with van der Waals surface area (Å²) in [5.74, 6) is -1.03. The first-order valence-corrected chi connectivity index (χ1v) is 4.71. The van der Waals surface area contributed by atoms with Gasteiger partial charge in [0.1, 0.15) is 0 Å². The molecule has 1 atom stereocenters. The van der Waals surface area contributed by atoms with Gasteiger partial charge >= 0.3 is 0 Å². The van der Waals surface area contributed by atoms with Crippen molar-refractivity contribution >= 4 is 0 Å². The van der Waals surface area contributed by atoms with Gasteiger partial charge in [0.15, 0.2) is 11.6 Å². The minimum absolute atomic E-state index is 0.0630. The third-order valence-corrected chi connectivity index (χ3v) is 2.01.